The van der Waals surface area contributed by atoms with Crippen LogP contribution in [0.25, 0.3) is 38.7 Å². The second-order valence-electron chi connectivity index (χ2n) is 9.98. The lowest BCUT2D eigenvalue weighted by atomic mass is 9.90. The van der Waals surface area contributed by atoms with Gasteiger partial charge in [-0.1, -0.05) is 58.0 Å². The fourth-order valence-corrected chi connectivity index (χ4v) is 4.92. The summed E-state index contributed by atoms with van der Waals surface area (Å²) in [6.45, 7) is 9.29. The first-order valence-corrected chi connectivity index (χ1v) is 12.1. The third-order valence-corrected chi connectivity index (χ3v) is 6.99. The van der Waals surface area contributed by atoms with Crippen LogP contribution < -0.4 is 4.74 Å². The Morgan fingerprint density at radius 2 is 1.71 bits per heavy atom. The molecule has 0 fully saturated rings. The first-order chi connectivity index (χ1) is 16.5. The molecule has 2 aliphatic heterocycles. The molecule has 0 radical (unpaired) electrons. The van der Waals surface area contributed by atoms with E-state index in [-0.39, 0.29) is 0 Å². The highest BCUT2D eigenvalue weighted by Crippen LogP contribution is 2.44. The lowest BCUT2D eigenvalue weighted by molar-refractivity contribution is 0.306. The van der Waals surface area contributed by atoms with Crippen molar-refractivity contribution < 1.29 is 4.74 Å². The lowest BCUT2D eigenvalue weighted by Gasteiger charge is -2.23. The molecule has 3 aromatic carbocycles. The number of ether oxygens (including phenoxy) is 1. The van der Waals surface area contributed by atoms with E-state index in [9.17, 15) is 0 Å². The van der Waals surface area contributed by atoms with Crippen molar-refractivity contribution in [3.8, 4) is 28.1 Å². The van der Waals surface area contributed by atoms with Gasteiger partial charge in [-0.05, 0) is 51.8 Å². The highest BCUT2D eigenvalue weighted by molar-refractivity contribution is 6.00. The molecule has 1 N–H and O–H groups in total. The number of aromatic amines is 1. The molecule has 4 aromatic rings. The van der Waals surface area contributed by atoms with Crippen LogP contribution in [0.4, 0.5) is 0 Å². The number of hydrogen-bond acceptors (Lipinski definition) is 3. The number of nitrogens with one attached hydrogen (secondary N) is 1. The average Bonchev–Trinajstić information content (AvgIpc) is 3.53. The van der Waals surface area contributed by atoms with Gasteiger partial charge in [0.05, 0.1) is 11.9 Å². The molecule has 6 rings (SSSR count). The molecular weight excluding hydrogens is 418 g/mol. The summed E-state index contributed by atoms with van der Waals surface area (Å²) in [5.74, 6) is 2.85. The Balaban J connectivity index is 1.34. The summed E-state index contributed by atoms with van der Waals surface area (Å²) in [5.41, 5.74) is 9.65. The molecule has 0 aliphatic carbocycles. The van der Waals surface area contributed by atoms with Crippen molar-refractivity contribution in [3.05, 3.63) is 77.9 Å². The summed E-state index contributed by atoms with van der Waals surface area (Å²) in [6.07, 6.45) is 4.90. The lowest BCUT2D eigenvalue weighted by Crippen LogP contribution is -2.07. The highest BCUT2D eigenvalue weighted by atomic mass is 16.5. The van der Waals surface area contributed by atoms with E-state index < -0.39 is 0 Å². The summed E-state index contributed by atoms with van der Waals surface area (Å²) in [7, 11) is 0. The molecule has 0 atom stereocenters. The van der Waals surface area contributed by atoms with Gasteiger partial charge in [0.2, 0.25) is 0 Å². The molecule has 0 amide bonds. The van der Waals surface area contributed by atoms with Crippen molar-refractivity contribution in [2.24, 2.45) is 10.9 Å². The average molecular weight is 448 g/mol. The zero-order chi connectivity index (χ0) is 23.4. The van der Waals surface area contributed by atoms with Crippen LogP contribution in [0, 0.1) is 5.92 Å². The van der Waals surface area contributed by atoms with E-state index in [1.807, 2.05) is 12.4 Å². The van der Waals surface area contributed by atoms with E-state index in [1.165, 1.54) is 33.4 Å². The summed E-state index contributed by atoms with van der Waals surface area (Å²) in [4.78, 5) is 12.6. The Labute approximate surface area is 200 Å². The molecule has 4 heteroatoms. The zero-order valence-electron chi connectivity index (χ0n) is 20.1. The summed E-state index contributed by atoms with van der Waals surface area (Å²) < 4.78 is 6.35. The number of hydrogen-bond donors (Lipinski definition) is 1. The minimum absolute atomic E-state index is 0.380. The van der Waals surface area contributed by atoms with Crippen molar-refractivity contribution in [3.63, 3.8) is 0 Å². The largest absolute Gasteiger partial charge is 0.488 e. The molecule has 0 bridgehead atoms. The minimum Gasteiger partial charge on any atom is -0.488 e. The second kappa shape index (κ2) is 7.98. The molecule has 0 spiro atoms. The molecule has 34 heavy (non-hydrogen) atoms. The van der Waals surface area contributed by atoms with Crippen molar-refractivity contribution in [1.29, 1.82) is 0 Å². The number of fused-ring (bicyclic) bond motifs is 5. The van der Waals surface area contributed by atoms with Gasteiger partial charge in [0.15, 0.2) is 0 Å². The molecule has 1 aromatic heterocycles. The Kier molecular flexibility index (Phi) is 4.91. The van der Waals surface area contributed by atoms with Crippen molar-refractivity contribution in [2.75, 3.05) is 0 Å². The molecule has 0 saturated carbocycles. The van der Waals surface area contributed by atoms with E-state index in [0.29, 0.717) is 18.4 Å². The molecule has 3 heterocycles. The first kappa shape index (κ1) is 20.9. The third kappa shape index (κ3) is 3.45. The monoisotopic (exact) mass is 447 g/mol. The molecule has 2 aliphatic rings. The maximum absolute atomic E-state index is 6.35. The summed E-state index contributed by atoms with van der Waals surface area (Å²) in [6, 6.07) is 17.7. The number of allylic oxidation sites excluding steroid dienone is 1. The number of imidazole rings is 1. The third-order valence-electron chi connectivity index (χ3n) is 6.99. The Morgan fingerprint density at radius 3 is 2.47 bits per heavy atom. The standard InChI is InChI=1S/C30H29N3O/c1-17(2)27-13-22(14-31-27)19-5-8-24-23(11-19)16-34-29-25-9-7-21(12-20(25)6-10-26(24)29)28-15-32-30(33-28)18(3)4/h5-12,14-15,17-18H,13,16H2,1-4H3,(H,32,33). The van der Waals surface area contributed by atoms with Crippen LogP contribution in [0.5, 0.6) is 5.75 Å². The van der Waals surface area contributed by atoms with Crippen molar-refractivity contribution in [1.82, 2.24) is 9.97 Å². The van der Waals surface area contributed by atoms with Gasteiger partial charge >= 0.3 is 0 Å². The number of nitrogens with zero attached hydrogens (tertiary/aromatic N) is 2. The molecule has 170 valence electrons. The van der Waals surface area contributed by atoms with E-state index in [4.69, 9.17) is 4.74 Å². The van der Waals surface area contributed by atoms with E-state index in [2.05, 4.69) is 91.2 Å². The van der Waals surface area contributed by atoms with Gasteiger partial charge < -0.3 is 9.72 Å². The highest BCUT2D eigenvalue weighted by Gasteiger charge is 2.22. The SMILES string of the molecule is CC(C)C1=NC=C(c2ccc3c(c2)COc2c-3ccc3cc(-c4cnc(C(C)C)[nH]4)ccc23)C1. The zero-order valence-corrected chi connectivity index (χ0v) is 20.1. The van der Waals surface area contributed by atoms with Crippen LogP contribution in [0.15, 0.2) is 65.9 Å². The smallest absolute Gasteiger partial charge is 0.135 e. The van der Waals surface area contributed by atoms with Crippen LogP contribution in [0.2, 0.25) is 0 Å². The quantitative estimate of drug-likeness (QED) is 0.348. The van der Waals surface area contributed by atoms with Gasteiger partial charge in [0.1, 0.15) is 18.2 Å². The predicted molar refractivity (Wildman–Crippen MR) is 140 cm³/mol. The number of benzene rings is 3. The van der Waals surface area contributed by atoms with E-state index >= 15 is 0 Å². The number of aromatic nitrogens is 2. The van der Waals surface area contributed by atoms with Gasteiger partial charge in [-0.15, -0.1) is 0 Å². The van der Waals surface area contributed by atoms with E-state index in [0.717, 1.165) is 40.2 Å². The predicted octanol–water partition coefficient (Wildman–Crippen LogP) is 7.75. The molecule has 4 nitrogen and oxygen atoms in total. The fourth-order valence-electron chi connectivity index (χ4n) is 4.92. The van der Waals surface area contributed by atoms with Crippen LogP contribution in [-0.4, -0.2) is 15.7 Å². The maximum Gasteiger partial charge on any atom is 0.135 e. The number of rotatable bonds is 4. The minimum atomic E-state index is 0.380. The van der Waals surface area contributed by atoms with Crippen molar-refractivity contribution >= 4 is 22.1 Å². The van der Waals surface area contributed by atoms with Crippen LogP contribution >= 0.6 is 0 Å². The van der Waals surface area contributed by atoms with Crippen molar-refractivity contribution in [2.45, 2.75) is 46.6 Å². The Bertz CT molecular complexity index is 1490. The van der Waals surface area contributed by atoms with Crippen LogP contribution in [0.3, 0.4) is 0 Å². The molecular formula is C30H29N3O. The topological polar surface area (TPSA) is 50.3 Å². The van der Waals surface area contributed by atoms with E-state index in [1.54, 1.807) is 0 Å². The fraction of sp³-hybridized carbons (Fsp3) is 0.267. The number of aliphatic imine (C=N–C) groups is 1. The molecule has 0 saturated heterocycles. The van der Waals surface area contributed by atoms with Gasteiger partial charge in [0.25, 0.3) is 0 Å². The maximum atomic E-state index is 6.35. The van der Waals surface area contributed by atoms with Gasteiger partial charge in [-0.2, -0.15) is 0 Å². The van der Waals surface area contributed by atoms with Gasteiger partial charge in [-0.25, -0.2) is 4.98 Å². The molecule has 0 unspecified atom stereocenters. The summed E-state index contributed by atoms with van der Waals surface area (Å²) >= 11 is 0. The van der Waals surface area contributed by atoms with Crippen LogP contribution in [-0.2, 0) is 6.61 Å². The normalized spacial score (nSPS) is 14.8. The van der Waals surface area contributed by atoms with Crippen LogP contribution in [0.1, 0.15) is 57.0 Å². The summed E-state index contributed by atoms with van der Waals surface area (Å²) in [5, 5.41) is 2.32. The number of H-pyrrole nitrogens is 1. The Hall–Kier alpha value is -3.66. The van der Waals surface area contributed by atoms with Gasteiger partial charge in [0, 0.05) is 40.8 Å². The first-order valence-electron chi connectivity index (χ1n) is 12.1. The second-order valence-corrected chi connectivity index (χ2v) is 9.98. The van der Waals surface area contributed by atoms with Gasteiger partial charge in [-0.3, -0.25) is 4.99 Å². The Morgan fingerprint density at radius 1 is 0.882 bits per heavy atom.